The van der Waals surface area contributed by atoms with Crippen LogP contribution >= 0.6 is 0 Å². The monoisotopic (exact) mass is 249 g/mol. The highest BCUT2D eigenvalue weighted by atomic mass is 16.5. The number of carbonyl (C=O) groups is 1. The summed E-state index contributed by atoms with van der Waals surface area (Å²) in [5, 5.41) is 3.53. The Balaban J connectivity index is 2.23. The lowest BCUT2D eigenvalue weighted by molar-refractivity contribution is -0.140. The maximum atomic E-state index is 11.0. The van der Waals surface area contributed by atoms with Crippen molar-refractivity contribution in [3.8, 4) is 0 Å². The van der Waals surface area contributed by atoms with Gasteiger partial charge < -0.3 is 10.1 Å². The molecule has 0 aromatic heterocycles. The Hall–Kier alpha value is -1.35. The van der Waals surface area contributed by atoms with Crippen molar-refractivity contribution in [3.63, 3.8) is 0 Å². The van der Waals surface area contributed by atoms with E-state index in [1.165, 1.54) is 12.7 Å². The smallest absolute Gasteiger partial charge is 0.305 e. The van der Waals surface area contributed by atoms with E-state index in [2.05, 4.69) is 41.2 Å². The Morgan fingerprint density at radius 1 is 1.33 bits per heavy atom. The van der Waals surface area contributed by atoms with Crippen molar-refractivity contribution in [1.29, 1.82) is 0 Å². The minimum atomic E-state index is -0.118. The fourth-order valence-corrected chi connectivity index (χ4v) is 1.90. The molecule has 1 aromatic carbocycles. The molecule has 0 spiro atoms. The van der Waals surface area contributed by atoms with Gasteiger partial charge in [0.2, 0.25) is 0 Å². The van der Waals surface area contributed by atoms with Gasteiger partial charge in [-0.2, -0.15) is 0 Å². The van der Waals surface area contributed by atoms with Gasteiger partial charge in [0, 0.05) is 19.0 Å². The summed E-state index contributed by atoms with van der Waals surface area (Å²) >= 11 is 0. The number of esters is 1. The first-order valence-electron chi connectivity index (χ1n) is 6.60. The SMILES string of the molecule is CCC(CCCC(=O)OC)NCc1ccccc1. The maximum absolute atomic E-state index is 11.0. The van der Waals surface area contributed by atoms with Crippen LogP contribution in [0.3, 0.4) is 0 Å². The van der Waals surface area contributed by atoms with Crippen molar-refractivity contribution in [2.75, 3.05) is 7.11 Å². The summed E-state index contributed by atoms with van der Waals surface area (Å²) in [4.78, 5) is 11.0. The lowest BCUT2D eigenvalue weighted by Crippen LogP contribution is -2.28. The third-order valence-electron chi connectivity index (χ3n) is 3.09. The predicted octanol–water partition coefficient (Wildman–Crippen LogP) is 2.90. The molecule has 0 radical (unpaired) electrons. The highest BCUT2D eigenvalue weighted by Crippen LogP contribution is 2.07. The third-order valence-corrected chi connectivity index (χ3v) is 3.09. The number of hydrogen-bond acceptors (Lipinski definition) is 3. The van der Waals surface area contributed by atoms with Crippen LogP contribution in [-0.4, -0.2) is 19.1 Å². The van der Waals surface area contributed by atoms with Crippen molar-refractivity contribution in [1.82, 2.24) is 5.32 Å². The van der Waals surface area contributed by atoms with E-state index in [4.69, 9.17) is 0 Å². The van der Waals surface area contributed by atoms with Crippen LogP contribution in [0.2, 0.25) is 0 Å². The maximum Gasteiger partial charge on any atom is 0.305 e. The summed E-state index contributed by atoms with van der Waals surface area (Å²) in [6.07, 6.45) is 3.49. The first-order valence-corrected chi connectivity index (χ1v) is 6.60. The van der Waals surface area contributed by atoms with E-state index in [9.17, 15) is 4.79 Å². The van der Waals surface area contributed by atoms with Crippen molar-refractivity contribution in [2.45, 2.75) is 45.2 Å². The van der Waals surface area contributed by atoms with Gasteiger partial charge in [0.05, 0.1) is 7.11 Å². The molecule has 1 N–H and O–H groups in total. The molecule has 1 unspecified atom stereocenters. The number of hydrogen-bond donors (Lipinski definition) is 1. The van der Waals surface area contributed by atoms with E-state index in [1.807, 2.05) is 6.07 Å². The topological polar surface area (TPSA) is 38.3 Å². The third kappa shape index (κ3) is 5.82. The van der Waals surface area contributed by atoms with Crippen LogP contribution in [0.5, 0.6) is 0 Å². The Morgan fingerprint density at radius 2 is 2.06 bits per heavy atom. The molecule has 0 aliphatic heterocycles. The molecule has 3 nitrogen and oxygen atoms in total. The second kappa shape index (κ2) is 8.70. The normalized spacial score (nSPS) is 12.1. The zero-order valence-electron chi connectivity index (χ0n) is 11.3. The molecule has 0 saturated carbocycles. The van der Waals surface area contributed by atoms with Crippen LogP contribution in [0.1, 0.15) is 38.2 Å². The molecule has 1 aromatic rings. The molecule has 0 amide bonds. The quantitative estimate of drug-likeness (QED) is 0.720. The molecule has 0 heterocycles. The Bertz CT molecular complexity index is 338. The summed E-state index contributed by atoms with van der Waals surface area (Å²) in [5.74, 6) is -0.118. The number of carbonyl (C=O) groups excluding carboxylic acids is 1. The minimum Gasteiger partial charge on any atom is -0.469 e. The van der Waals surface area contributed by atoms with Gasteiger partial charge in [-0.05, 0) is 24.8 Å². The van der Waals surface area contributed by atoms with Crippen molar-refractivity contribution < 1.29 is 9.53 Å². The average molecular weight is 249 g/mol. The average Bonchev–Trinajstić information content (AvgIpc) is 2.43. The van der Waals surface area contributed by atoms with E-state index in [1.54, 1.807) is 0 Å². The standard InChI is InChI=1S/C15H23NO2/c1-3-14(10-7-11-15(17)18-2)16-12-13-8-5-4-6-9-13/h4-6,8-9,14,16H,3,7,10-12H2,1-2H3. The van der Waals surface area contributed by atoms with Crippen LogP contribution in [0, 0.1) is 0 Å². The highest BCUT2D eigenvalue weighted by Gasteiger charge is 2.07. The zero-order chi connectivity index (χ0) is 13.2. The molecule has 1 rings (SSSR count). The summed E-state index contributed by atoms with van der Waals surface area (Å²) in [6.45, 7) is 3.05. The molecule has 3 heteroatoms. The van der Waals surface area contributed by atoms with Crippen molar-refractivity contribution >= 4 is 5.97 Å². The number of rotatable bonds is 8. The Labute approximate surface area is 110 Å². The fraction of sp³-hybridized carbons (Fsp3) is 0.533. The molecular formula is C15H23NO2. The Kier molecular flexibility index (Phi) is 7.11. The van der Waals surface area contributed by atoms with Gasteiger partial charge in [-0.25, -0.2) is 0 Å². The fourth-order valence-electron chi connectivity index (χ4n) is 1.90. The van der Waals surface area contributed by atoms with Crippen molar-refractivity contribution in [3.05, 3.63) is 35.9 Å². The summed E-state index contributed by atoms with van der Waals surface area (Å²) < 4.78 is 4.64. The zero-order valence-corrected chi connectivity index (χ0v) is 11.3. The van der Waals surface area contributed by atoms with Crippen LogP contribution in [0.25, 0.3) is 0 Å². The van der Waals surface area contributed by atoms with Crippen LogP contribution in [0.15, 0.2) is 30.3 Å². The number of ether oxygens (including phenoxy) is 1. The summed E-state index contributed by atoms with van der Waals surface area (Å²) in [7, 11) is 1.44. The van der Waals surface area contributed by atoms with Gasteiger partial charge in [0.25, 0.3) is 0 Å². The molecule has 0 saturated heterocycles. The van der Waals surface area contributed by atoms with Gasteiger partial charge in [-0.1, -0.05) is 37.3 Å². The van der Waals surface area contributed by atoms with Crippen LogP contribution < -0.4 is 5.32 Å². The molecule has 0 aliphatic carbocycles. The molecule has 0 bridgehead atoms. The molecule has 100 valence electrons. The second-order valence-corrected chi connectivity index (χ2v) is 4.44. The van der Waals surface area contributed by atoms with Crippen LogP contribution in [0.4, 0.5) is 0 Å². The largest absolute Gasteiger partial charge is 0.469 e. The molecule has 0 aliphatic rings. The van der Waals surface area contributed by atoms with E-state index >= 15 is 0 Å². The van der Waals surface area contributed by atoms with E-state index in [0.717, 1.165) is 25.8 Å². The first kappa shape index (κ1) is 14.7. The second-order valence-electron chi connectivity index (χ2n) is 4.44. The minimum absolute atomic E-state index is 0.118. The van der Waals surface area contributed by atoms with Gasteiger partial charge >= 0.3 is 5.97 Å². The summed E-state index contributed by atoms with van der Waals surface area (Å²) in [5.41, 5.74) is 1.30. The molecule has 18 heavy (non-hydrogen) atoms. The Morgan fingerprint density at radius 3 is 2.67 bits per heavy atom. The number of nitrogens with one attached hydrogen (secondary N) is 1. The van der Waals surface area contributed by atoms with Gasteiger partial charge in [-0.15, -0.1) is 0 Å². The molecular weight excluding hydrogens is 226 g/mol. The number of methoxy groups -OCH3 is 1. The van der Waals surface area contributed by atoms with Crippen LogP contribution in [-0.2, 0) is 16.1 Å². The van der Waals surface area contributed by atoms with Crippen molar-refractivity contribution in [2.24, 2.45) is 0 Å². The predicted molar refractivity (Wildman–Crippen MR) is 73.2 cm³/mol. The lowest BCUT2D eigenvalue weighted by Gasteiger charge is -2.16. The van der Waals surface area contributed by atoms with Gasteiger partial charge in [-0.3, -0.25) is 4.79 Å². The van der Waals surface area contributed by atoms with E-state index in [-0.39, 0.29) is 5.97 Å². The van der Waals surface area contributed by atoms with Gasteiger partial charge in [0.1, 0.15) is 0 Å². The molecule has 0 fully saturated rings. The highest BCUT2D eigenvalue weighted by molar-refractivity contribution is 5.68. The van der Waals surface area contributed by atoms with Gasteiger partial charge in [0.15, 0.2) is 0 Å². The lowest BCUT2D eigenvalue weighted by atomic mass is 10.1. The first-order chi connectivity index (χ1) is 8.76. The molecule has 1 atom stereocenters. The van der Waals surface area contributed by atoms with E-state index < -0.39 is 0 Å². The number of benzene rings is 1. The van der Waals surface area contributed by atoms with E-state index in [0.29, 0.717) is 12.5 Å². The summed E-state index contributed by atoms with van der Waals surface area (Å²) in [6, 6.07) is 10.8.